The van der Waals surface area contributed by atoms with E-state index in [0.29, 0.717) is 23.2 Å². The minimum absolute atomic E-state index is 0.206. The van der Waals surface area contributed by atoms with E-state index in [1.807, 2.05) is 85.8 Å². The van der Waals surface area contributed by atoms with Gasteiger partial charge in [-0.2, -0.15) is 4.68 Å². The van der Waals surface area contributed by atoms with Gasteiger partial charge in [-0.05, 0) is 59.3 Å². The lowest BCUT2D eigenvalue weighted by Gasteiger charge is -2.18. The van der Waals surface area contributed by atoms with Crippen molar-refractivity contribution >= 4 is 23.4 Å². The van der Waals surface area contributed by atoms with E-state index >= 15 is 0 Å². The summed E-state index contributed by atoms with van der Waals surface area (Å²) in [6.07, 6.45) is 0. The number of para-hydroxylation sites is 2. The van der Waals surface area contributed by atoms with Crippen LogP contribution in [-0.2, 0) is 4.79 Å². The van der Waals surface area contributed by atoms with Crippen LogP contribution in [0.3, 0.4) is 0 Å². The number of carbonyl (C=O) groups is 1. The van der Waals surface area contributed by atoms with Gasteiger partial charge in [0.1, 0.15) is 16.7 Å². The van der Waals surface area contributed by atoms with Crippen LogP contribution in [0.1, 0.15) is 17.7 Å². The second-order valence-electron chi connectivity index (χ2n) is 6.90. The van der Waals surface area contributed by atoms with Gasteiger partial charge in [0, 0.05) is 0 Å². The summed E-state index contributed by atoms with van der Waals surface area (Å²) in [6.45, 7) is 2.40. The predicted molar refractivity (Wildman–Crippen MR) is 127 cm³/mol. The van der Waals surface area contributed by atoms with Gasteiger partial charge in [0.15, 0.2) is 0 Å². The minimum Gasteiger partial charge on any atom is -0.497 e. The highest BCUT2D eigenvalue weighted by Crippen LogP contribution is 2.36. The molecule has 1 unspecified atom stereocenters. The summed E-state index contributed by atoms with van der Waals surface area (Å²) in [5, 5.41) is 15.0. The Morgan fingerprint density at radius 2 is 1.76 bits per heavy atom. The first kappa shape index (κ1) is 22.3. The molecular weight excluding hydrogens is 438 g/mol. The molecule has 0 radical (unpaired) electrons. The highest BCUT2D eigenvalue weighted by molar-refractivity contribution is 8.00. The molecule has 0 aliphatic heterocycles. The monoisotopic (exact) mass is 461 g/mol. The Kier molecular flexibility index (Phi) is 7.21. The molecule has 1 heterocycles. The molecule has 0 spiro atoms. The summed E-state index contributed by atoms with van der Waals surface area (Å²) < 4.78 is 12.5. The lowest BCUT2D eigenvalue weighted by atomic mass is 10.1. The standard InChI is InChI=1S/C24H23N5O3S/c1-3-32-21-12-8-7-11-20(21)25-23(30)22(17-9-5-4-6-10-17)33-24-26-27-28-29(24)18-13-15-19(31-2)16-14-18/h4-16,22H,3H2,1-2H3,(H,25,30). The zero-order chi connectivity index (χ0) is 23.0. The van der Waals surface area contributed by atoms with Crippen LogP contribution in [-0.4, -0.2) is 39.8 Å². The van der Waals surface area contributed by atoms with E-state index in [1.165, 1.54) is 11.8 Å². The molecule has 0 aliphatic carbocycles. The largest absolute Gasteiger partial charge is 0.497 e. The van der Waals surface area contributed by atoms with Crippen LogP contribution >= 0.6 is 11.8 Å². The molecule has 0 saturated carbocycles. The van der Waals surface area contributed by atoms with Crippen LogP contribution in [0.2, 0.25) is 0 Å². The maximum Gasteiger partial charge on any atom is 0.242 e. The maximum atomic E-state index is 13.4. The SMILES string of the molecule is CCOc1ccccc1NC(=O)C(Sc1nnnn1-c1ccc(OC)cc1)c1ccccc1. The second-order valence-corrected chi connectivity index (χ2v) is 7.97. The topological polar surface area (TPSA) is 91.2 Å². The molecule has 4 aromatic rings. The number of benzene rings is 3. The van der Waals surface area contributed by atoms with Gasteiger partial charge < -0.3 is 14.8 Å². The predicted octanol–water partition coefficient (Wildman–Crippen LogP) is 4.54. The average Bonchev–Trinajstić information content (AvgIpc) is 3.33. The van der Waals surface area contributed by atoms with Crippen molar-refractivity contribution in [1.82, 2.24) is 20.2 Å². The van der Waals surface area contributed by atoms with Crippen LogP contribution < -0.4 is 14.8 Å². The lowest BCUT2D eigenvalue weighted by molar-refractivity contribution is -0.115. The number of nitrogens with one attached hydrogen (secondary N) is 1. The third-order valence-electron chi connectivity index (χ3n) is 4.77. The summed E-state index contributed by atoms with van der Waals surface area (Å²) in [5.74, 6) is 1.14. The quantitative estimate of drug-likeness (QED) is 0.366. The number of hydrogen-bond acceptors (Lipinski definition) is 7. The van der Waals surface area contributed by atoms with Crippen molar-refractivity contribution in [3.8, 4) is 17.2 Å². The fourth-order valence-electron chi connectivity index (χ4n) is 3.19. The van der Waals surface area contributed by atoms with Gasteiger partial charge in [-0.1, -0.05) is 54.2 Å². The number of aromatic nitrogens is 4. The van der Waals surface area contributed by atoms with Crippen molar-refractivity contribution in [3.63, 3.8) is 0 Å². The first-order chi connectivity index (χ1) is 16.2. The van der Waals surface area contributed by atoms with Crippen LogP contribution in [0.15, 0.2) is 84.0 Å². The Morgan fingerprint density at radius 3 is 2.48 bits per heavy atom. The molecule has 9 heteroatoms. The van der Waals surface area contributed by atoms with E-state index in [0.717, 1.165) is 17.0 Å². The molecule has 33 heavy (non-hydrogen) atoms. The highest BCUT2D eigenvalue weighted by atomic mass is 32.2. The molecule has 0 bridgehead atoms. The zero-order valence-corrected chi connectivity index (χ0v) is 19.0. The van der Waals surface area contributed by atoms with Gasteiger partial charge in [0.25, 0.3) is 0 Å². The molecule has 0 fully saturated rings. The minimum atomic E-state index is -0.594. The number of nitrogens with zero attached hydrogens (tertiary/aromatic N) is 4. The van der Waals surface area contributed by atoms with E-state index in [4.69, 9.17) is 9.47 Å². The van der Waals surface area contributed by atoms with Crippen molar-refractivity contribution in [2.75, 3.05) is 19.0 Å². The molecule has 1 amide bonds. The lowest BCUT2D eigenvalue weighted by Crippen LogP contribution is -2.20. The molecular formula is C24H23N5O3S. The first-order valence-corrected chi connectivity index (χ1v) is 11.2. The van der Waals surface area contributed by atoms with E-state index < -0.39 is 5.25 Å². The molecule has 0 aliphatic rings. The van der Waals surface area contributed by atoms with Crippen molar-refractivity contribution in [1.29, 1.82) is 0 Å². The Balaban J connectivity index is 1.63. The number of hydrogen-bond donors (Lipinski definition) is 1. The third kappa shape index (κ3) is 5.32. The summed E-state index contributed by atoms with van der Waals surface area (Å²) in [4.78, 5) is 13.4. The molecule has 8 nitrogen and oxygen atoms in total. The van der Waals surface area contributed by atoms with Gasteiger partial charge in [-0.3, -0.25) is 4.79 Å². The molecule has 0 saturated heterocycles. The fraction of sp³-hybridized carbons (Fsp3) is 0.167. The van der Waals surface area contributed by atoms with Crippen LogP contribution in [0.4, 0.5) is 5.69 Å². The van der Waals surface area contributed by atoms with E-state index in [-0.39, 0.29) is 5.91 Å². The van der Waals surface area contributed by atoms with E-state index in [9.17, 15) is 4.79 Å². The highest BCUT2D eigenvalue weighted by Gasteiger charge is 2.26. The van der Waals surface area contributed by atoms with Crippen molar-refractivity contribution in [3.05, 3.63) is 84.4 Å². The van der Waals surface area contributed by atoms with E-state index in [2.05, 4.69) is 20.8 Å². The molecule has 1 aromatic heterocycles. The normalized spacial score (nSPS) is 11.6. The van der Waals surface area contributed by atoms with Crippen molar-refractivity contribution in [2.24, 2.45) is 0 Å². The smallest absolute Gasteiger partial charge is 0.242 e. The second kappa shape index (κ2) is 10.6. The number of carbonyl (C=O) groups excluding carboxylic acids is 1. The van der Waals surface area contributed by atoms with Gasteiger partial charge in [0.05, 0.1) is 25.1 Å². The summed E-state index contributed by atoms with van der Waals surface area (Å²) >= 11 is 1.27. The molecule has 3 aromatic carbocycles. The molecule has 1 atom stereocenters. The van der Waals surface area contributed by atoms with Crippen molar-refractivity contribution < 1.29 is 14.3 Å². The van der Waals surface area contributed by atoms with Crippen LogP contribution in [0, 0.1) is 0 Å². The molecule has 4 rings (SSSR count). The zero-order valence-electron chi connectivity index (χ0n) is 18.2. The van der Waals surface area contributed by atoms with Gasteiger partial charge in [-0.15, -0.1) is 5.10 Å². The average molecular weight is 462 g/mol. The Labute approximate surface area is 195 Å². The first-order valence-electron chi connectivity index (χ1n) is 10.4. The van der Waals surface area contributed by atoms with E-state index in [1.54, 1.807) is 11.8 Å². The molecule has 168 valence electrons. The number of amides is 1. The van der Waals surface area contributed by atoms with Gasteiger partial charge in [-0.25, -0.2) is 0 Å². The molecule has 1 N–H and O–H groups in total. The Morgan fingerprint density at radius 1 is 1.03 bits per heavy atom. The van der Waals surface area contributed by atoms with Crippen LogP contribution in [0.25, 0.3) is 5.69 Å². The number of methoxy groups -OCH3 is 1. The number of thioether (sulfide) groups is 1. The van der Waals surface area contributed by atoms with Crippen molar-refractivity contribution in [2.45, 2.75) is 17.3 Å². The summed E-state index contributed by atoms with van der Waals surface area (Å²) in [5.41, 5.74) is 2.20. The Bertz CT molecular complexity index is 1200. The van der Waals surface area contributed by atoms with Gasteiger partial charge >= 0.3 is 0 Å². The number of rotatable bonds is 9. The number of tetrazole rings is 1. The summed E-state index contributed by atoms with van der Waals surface area (Å²) in [6, 6.07) is 24.3. The number of anilines is 1. The number of ether oxygens (including phenoxy) is 2. The fourth-order valence-corrected chi connectivity index (χ4v) is 4.19. The Hall–Kier alpha value is -3.85. The maximum absolute atomic E-state index is 13.4. The summed E-state index contributed by atoms with van der Waals surface area (Å²) in [7, 11) is 1.61. The van der Waals surface area contributed by atoms with Crippen LogP contribution in [0.5, 0.6) is 11.5 Å². The third-order valence-corrected chi connectivity index (χ3v) is 5.95. The van der Waals surface area contributed by atoms with Gasteiger partial charge in [0.2, 0.25) is 11.1 Å².